The van der Waals surface area contributed by atoms with Crippen LogP contribution >= 0.6 is 11.6 Å². The molecule has 0 atom stereocenters. The van der Waals surface area contributed by atoms with Crippen molar-refractivity contribution in [2.45, 2.75) is 0 Å². The Labute approximate surface area is 91.0 Å². The van der Waals surface area contributed by atoms with E-state index in [1.54, 1.807) is 0 Å². The van der Waals surface area contributed by atoms with Crippen molar-refractivity contribution in [3.05, 3.63) is 23.4 Å². The molecule has 82 valence electrons. The number of hydrogen-bond donors (Lipinski definition) is 2. The third-order valence-electron chi connectivity index (χ3n) is 1.30. The molecule has 0 bridgehead atoms. The van der Waals surface area contributed by atoms with Crippen LogP contribution in [0.1, 0.15) is 0 Å². The highest BCUT2D eigenvalue weighted by Crippen LogP contribution is 2.10. The third kappa shape index (κ3) is 4.13. The normalized spacial score (nSPS) is 11.0. The lowest BCUT2D eigenvalue weighted by molar-refractivity contribution is -0.134. The smallest absolute Gasteiger partial charge is 0.320 e. The SMILES string of the molecule is O=C(O)CS(=O)(=O)Nc1ccc(Cl)cn1. The summed E-state index contributed by atoms with van der Waals surface area (Å²) in [6.45, 7) is 0. The molecule has 0 aliphatic rings. The van der Waals surface area contributed by atoms with Gasteiger partial charge in [0.05, 0.1) is 5.02 Å². The van der Waals surface area contributed by atoms with Crippen molar-refractivity contribution in [3.63, 3.8) is 0 Å². The lowest BCUT2D eigenvalue weighted by atomic mass is 10.5. The number of aromatic nitrogens is 1. The molecule has 15 heavy (non-hydrogen) atoms. The molecule has 8 heteroatoms. The third-order valence-corrected chi connectivity index (χ3v) is 2.67. The lowest BCUT2D eigenvalue weighted by Crippen LogP contribution is -2.22. The second kappa shape index (κ2) is 4.45. The minimum Gasteiger partial charge on any atom is -0.480 e. The average molecular weight is 251 g/mol. The minimum absolute atomic E-state index is 0.0284. The highest BCUT2D eigenvalue weighted by molar-refractivity contribution is 7.93. The molecule has 1 aromatic heterocycles. The highest BCUT2D eigenvalue weighted by Gasteiger charge is 2.15. The zero-order valence-electron chi connectivity index (χ0n) is 7.34. The fourth-order valence-electron chi connectivity index (χ4n) is 0.794. The zero-order chi connectivity index (χ0) is 11.5. The fourth-order valence-corrected chi connectivity index (χ4v) is 1.74. The van der Waals surface area contributed by atoms with E-state index < -0.39 is 21.7 Å². The van der Waals surface area contributed by atoms with E-state index in [1.165, 1.54) is 18.3 Å². The maximum atomic E-state index is 11.1. The molecule has 0 fully saturated rings. The Hall–Kier alpha value is -1.34. The van der Waals surface area contributed by atoms with Crippen molar-refractivity contribution in [2.75, 3.05) is 10.5 Å². The Balaban J connectivity index is 2.78. The predicted octanol–water partition coefficient (Wildman–Crippen LogP) is 0.561. The molecule has 0 spiro atoms. The second-order valence-electron chi connectivity index (χ2n) is 2.62. The van der Waals surface area contributed by atoms with E-state index in [0.717, 1.165) is 0 Å². The van der Waals surface area contributed by atoms with Gasteiger partial charge in [-0.3, -0.25) is 9.52 Å². The maximum Gasteiger partial charge on any atom is 0.320 e. The lowest BCUT2D eigenvalue weighted by Gasteiger charge is -2.04. The van der Waals surface area contributed by atoms with Crippen LogP contribution in [0.15, 0.2) is 18.3 Å². The molecule has 0 aliphatic heterocycles. The van der Waals surface area contributed by atoms with Gasteiger partial charge in [-0.2, -0.15) is 0 Å². The van der Waals surface area contributed by atoms with Crippen LogP contribution in [0, 0.1) is 0 Å². The van der Waals surface area contributed by atoms with Crippen molar-refractivity contribution in [1.29, 1.82) is 0 Å². The number of hydrogen-bond acceptors (Lipinski definition) is 4. The molecule has 0 amide bonds. The number of aliphatic carboxylic acids is 1. The van der Waals surface area contributed by atoms with Crippen molar-refractivity contribution in [3.8, 4) is 0 Å². The molecular weight excluding hydrogens is 244 g/mol. The van der Waals surface area contributed by atoms with Gasteiger partial charge in [-0.05, 0) is 12.1 Å². The number of sulfonamides is 1. The molecule has 0 aromatic carbocycles. The molecule has 0 saturated carbocycles. The predicted molar refractivity (Wildman–Crippen MR) is 54.3 cm³/mol. The van der Waals surface area contributed by atoms with Crippen molar-refractivity contribution in [1.82, 2.24) is 4.98 Å². The monoisotopic (exact) mass is 250 g/mol. The van der Waals surface area contributed by atoms with E-state index in [4.69, 9.17) is 16.7 Å². The average Bonchev–Trinajstić information content (AvgIpc) is 2.06. The molecule has 0 unspecified atom stereocenters. The van der Waals surface area contributed by atoms with Gasteiger partial charge >= 0.3 is 5.97 Å². The van der Waals surface area contributed by atoms with E-state index in [9.17, 15) is 13.2 Å². The molecule has 0 radical (unpaired) electrons. The minimum atomic E-state index is -3.90. The number of nitrogens with one attached hydrogen (secondary N) is 1. The Morgan fingerprint density at radius 2 is 2.20 bits per heavy atom. The molecule has 2 N–H and O–H groups in total. The van der Waals surface area contributed by atoms with Gasteiger partial charge in [0.1, 0.15) is 5.82 Å². The molecule has 1 heterocycles. The summed E-state index contributed by atoms with van der Waals surface area (Å²) in [6.07, 6.45) is 1.25. The number of carboxylic acids is 1. The van der Waals surface area contributed by atoms with Gasteiger partial charge in [-0.1, -0.05) is 11.6 Å². The van der Waals surface area contributed by atoms with Crippen LogP contribution in [-0.2, 0) is 14.8 Å². The first-order valence-corrected chi connectivity index (χ1v) is 5.76. The second-order valence-corrected chi connectivity index (χ2v) is 4.78. The number of halogens is 1. The standard InChI is InChI=1S/C7H7ClN2O4S/c8-5-1-2-6(9-3-5)10-15(13,14)4-7(11)12/h1-3H,4H2,(H,9,10)(H,11,12). The van der Waals surface area contributed by atoms with Crippen LogP contribution in [0.4, 0.5) is 5.82 Å². The summed E-state index contributed by atoms with van der Waals surface area (Å²) in [5.41, 5.74) is 0. The van der Waals surface area contributed by atoms with Gasteiger partial charge in [0.25, 0.3) is 0 Å². The van der Waals surface area contributed by atoms with Crippen molar-refractivity contribution < 1.29 is 18.3 Å². The summed E-state index contributed by atoms with van der Waals surface area (Å²) in [5.74, 6) is -2.41. The van der Waals surface area contributed by atoms with Crippen LogP contribution in [0.2, 0.25) is 5.02 Å². The van der Waals surface area contributed by atoms with Crippen LogP contribution in [0.25, 0.3) is 0 Å². The van der Waals surface area contributed by atoms with Gasteiger partial charge in [-0.15, -0.1) is 0 Å². The fraction of sp³-hybridized carbons (Fsp3) is 0.143. The first kappa shape index (κ1) is 11.7. The zero-order valence-corrected chi connectivity index (χ0v) is 8.92. The molecule has 0 saturated heterocycles. The van der Waals surface area contributed by atoms with Crippen LogP contribution in [-0.4, -0.2) is 30.2 Å². The Morgan fingerprint density at radius 1 is 1.53 bits per heavy atom. The van der Waals surface area contributed by atoms with E-state index in [1.807, 2.05) is 4.72 Å². The van der Waals surface area contributed by atoms with Gasteiger partial charge in [0, 0.05) is 6.20 Å². The first-order valence-electron chi connectivity index (χ1n) is 3.73. The number of carboxylic acid groups (broad SMARTS) is 1. The Morgan fingerprint density at radius 3 is 2.67 bits per heavy atom. The van der Waals surface area contributed by atoms with Crippen LogP contribution < -0.4 is 4.72 Å². The van der Waals surface area contributed by atoms with E-state index in [2.05, 4.69) is 4.98 Å². The van der Waals surface area contributed by atoms with E-state index in [0.29, 0.717) is 5.02 Å². The summed E-state index contributed by atoms with van der Waals surface area (Å²) in [7, 11) is -3.90. The van der Waals surface area contributed by atoms with E-state index >= 15 is 0 Å². The van der Waals surface area contributed by atoms with Gasteiger partial charge < -0.3 is 5.11 Å². The van der Waals surface area contributed by atoms with Crippen molar-refractivity contribution in [2.24, 2.45) is 0 Å². The number of anilines is 1. The number of rotatable bonds is 4. The molecule has 1 aromatic rings. The summed E-state index contributed by atoms with van der Waals surface area (Å²) in [4.78, 5) is 13.9. The maximum absolute atomic E-state index is 11.1. The largest absolute Gasteiger partial charge is 0.480 e. The summed E-state index contributed by atoms with van der Waals surface area (Å²) >= 11 is 5.53. The highest BCUT2D eigenvalue weighted by atomic mass is 35.5. The number of nitrogens with zero attached hydrogens (tertiary/aromatic N) is 1. The van der Waals surface area contributed by atoms with Crippen molar-refractivity contribution >= 4 is 33.4 Å². The van der Waals surface area contributed by atoms with Gasteiger partial charge in [0.15, 0.2) is 5.75 Å². The first-order chi connectivity index (χ1) is 6.89. The van der Waals surface area contributed by atoms with Gasteiger partial charge in [-0.25, -0.2) is 13.4 Å². The Kier molecular flexibility index (Phi) is 3.48. The van der Waals surface area contributed by atoms with Crippen LogP contribution in [0.3, 0.4) is 0 Å². The quantitative estimate of drug-likeness (QED) is 0.814. The van der Waals surface area contributed by atoms with Crippen LogP contribution in [0.5, 0.6) is 0 Å². The van der Waals surface area contributed by atoms with E-state index in [-0.39, 0.29) is 5.82 Å². The number of carbonyl (C=O) groups is 1. The Bertz CT molecular complexity index is 456. The summed E-state index contributed by atoms with van der Waals surface area (Å²) in [6, 6.07) is 2.77. The molecule has 1 rings (SSSR count). The molecule has 6 nitrogen and oxygen atoms in total. The summed E-state index contributed by atoms with van der Waals surface area (Å²) in [5, 5.41) is 8.67. The van der Waals surface area contributed by atoms with Gasteiger partial charge in [0.2, 0.25) is 10.0 Å². The summed E-state index contributed by atoms with van der Waals surface area (Å²) < 4.78 is 24.3. The molecular formula is C7H7ClN2O4S. The molecule has 0 aliphatic carbocycles. The number of pyridine rings is 1. The topological polar surface area (TPSA) is 96.4 Å².